The molecule has 1 aliphatic rings. The van der Waals surface area contributed by atoms with Crippen LogP contribution in [0.2, 0.25) is 0 Å². The number of hydrogen-bond donors (Lipinski definition) is 1. The number of anilines is 1. The van der Waals surface area contributed by atoms with Crippen LogP contribution >= 0.6 is 0 Å². The van der Waals surface area contributed by atoms with Gasteiger partial charge in [0, 0.05) is 38.8 Å². The second kappa shape index (κ2) is 8.58. The first kappa shape index (κ1) is 18.1. The number of rotatable bonds is 7. The van der Waals surface area contributed by atoms with Gasteiger partial charge in [-0.15, -0.1) is 0 Å². The summed E-state index contributed by atoms with van der Waals surface area (Å²) in [5.74, 6) is 0.856. The third-order valence-electron chi connectivity index (χ3n) is 4.14. The predicted molar refractivity (Wildman–Crippen MR) is 92.2 cm³/mol. The van der Waals surface area contributed by atoms with Crippen LogP contribution in [-0.4, -0.2) is 60.0 Å². The molecule has 2 rings (SSSR count). The average Bonchev–Trinajstić information content (AvgIpc) is 2.56. The van der Waals surface area contributed by atoms with Crippen molar-refractivity contribution in [1.82, 2.24) is 15.2 Å². The largest absolute Gasteiger partial charge is 0.355 e. The van der Waals surface area contributed by atoms with Gasteiger partial charge in [0.2, 0.25) is 5.91 Å². The van der Waals surface area contributed by atoms with Crippen LogP contribution < -0.4 is 10.2 Å². The number of amides is 1. The van der Waals surface area contributed by atoms with Crippen LogP contribution in [0.3, 0.4) is 0 Å². The van der Waals surface area contributed by atoms with Gasteiger partial charge >= 0.3 is 0 Å². The van der Waals surface area contributed by atoms with Gasteiger partial charge in [-0.25, -0.2) is 4.98 Å². The third kappa shape index (κ3) is 4.89. The SMILES string of the molecule is CCCCNC(=O)CN1CCN(c2ncc([N+](=O)[O-])cc2C)CC1. The first-order valence-corrected chi connectivity index (χ1v) is 8.36. The summed E-state index contributed by atoms with van der Waals surface area (Å²) in [4.78, 5) is 30.7. The summed E-state index contributed by atoms with van der Waals surface area (Å²) in [6.07, 6.45) is 3.38. The van der Waals surface area contributed by atoms with Crippen molar-refractivity contribution in [2.45, 2.75) is 26.7 Å². The molecule has 0 aromatic carbocycles. The van der Waals surface area contributed by atoms with Gasteiger partial charge in [0.15, 0.2) is 0 Å². The minimum atomic E-state index is -0.432. The van der Waals surface area contributed by atoms with Crippen LogP contribution in [-0.2, 0) is 4.79 Å². The average molecular weight is 335 g/mol. The van der Waals surface area contributed by atoms with E-state index in [9.17, 15) is 14.9 Å². The Morgan fingerprint density at radius 2 is 2.08 bits per heavy atom. The highest BCUT2D eigenvalue weighted by atomic mass is 16.6. The summed E-state index contributed by atoms with van der Waals surface area (Å²) in [7, 11) is 0. The minimum Gasteiger partial charge on any atom is -0.355 e. The van der Waals surface area contributed by atoms with Crippen LogP contribution in [0, 0.1) is 17.0 Å². The summed E-state index contributed by atoms with van der Waals surface area (Å²) < 4.78 is 0. The maximum atomic E-state index is 11.9. The third-order valence-corrected chi connectivity index (χ3v) is 4.14. The lowest BCUT2D eigenvalue weighted by atomic mass is 10.2. The highest BCUT2D eigenvalue weighted by molar-refractivity contribution is 5.78. The molecule has 0 aliphatic carbocycles. The fraction of sp³-hybridized carbons (Fsp3) is 0.625. The van der Waals surface area contributed by atoms with Gasteiger partial charge in [-0.3, -0.25) is 19.8 Å². The van der Waals surface area contributed by atoms with Crippen molar-refractivity contribution in [1.29, 1.82) is 0 Å². The first-order valence-electron chi connectivity index (χ1n) is 8.36. The number of nitrogens with one attached hydrogen (secondary N) is 1. The molecule has 0 bridgehead atoms. The van der Waals surface area contributed by atoms with Gasteiger partial charge in [-0.2, -0.15) is 0 Å². The van der Waals surface area contributed by atoms with Crippen molar-refractivity contribution in [2.24, 2.45) is 0 Å². The smallest absolute Gasteiger partial charge is 0.287 e. The molecule has 8 heteroatoms. The number of piperazine rings is 1. The number of aryl methyl sites for hydroxylation is 1. The van der Waals surface area contributed by atoms with Gasteiger partial charge in [0.1, 0.15) is 12.0 Å². The Labute approximate surface area is 142 Å². The van der Waals surface area contributed by atoms with Gasteiger partial charge in [-0.05, 0) is 18.9 Å². The highest BCUT2D eigenvalue weighted by Crippen LogP contribution is 2.22. The van der Waals surface area contributed by atoms with Crippen molar-refractivity contribution in [3.05, 3.63) is 27.9 Å². The lowest BCUT2D eigenvalue weighted by Crippen LogP contribution is -2.50. The molecule has 1 amide bonds. The van der Waals surface area contributed by atoms with E-state index in [4.69, 9.17) is 0 Å². The van der Waals surface area contributed by atoms with Crippen LogP contribution in [0.1, 0.15) is 25.3 Å². The Balaban J connectivity index is 1.84. The topological polar surface area (TPSA) is 91.6 Å². The Bertz CT molecular complexity index is 585. The van der Waals surface area contributed by atoms with Crippen LogP contribution in [0.5, 0.6) is 0 Å². The molecule has 24 heavy (non-hydrogen) atoms. The van der Waals surface area contributed by atoms with Crippen LogP contribution in [0.4, 0.5) is 11.5 Å². The maximum Gasteiger partial charge on any atom is 0.287 e. The molecular formula is C16H25N5O3. The second-order valence-corrected chi connectivity index (χ2v) is 6.06. The standard InChI is InChI=1S/C16H25N5O3/c1-3-4-5-17-15(22)12-19-6-8-20(9-7-19)16-13(2)10-14(11-18-16)21(23)24/h10-11H,3-9,12H2,1-2H3,(H,17,22). The Morgan fingerprint density at radius 3 is 2.67 bits per heavy atom. The monoisotopic (exact) mass is 335 g/mol. The summed E-state index contributed by atoms with van der Waals surface area (Å²) in [6, 6.07) is 1.55. The van der Waals surface area contributed by atoms with E-state index < -0.39 is 4.92 Å². The van der Waals surface area contributed by atoms with Gasteiger partial charge in [0.25, 0.3) is 5.69 Å². The van der Waals surface area contributed by atoms with Crippen molar-refractivity contribution >= 4 is 17.4 Å². The molecule has 0 spiro atoms. The number of carbonyl (C=O) groups excluding carboxylic acids is 1. The molecule has 8 nitrogen and oxygen atoms in total. The molecule has 2 heterocycles. The molecule has 1 aromatic rings. The summed E-state index contributed by atoms with van der Waals surface area (Å²) in [5, 5.41) is 13.7. The van der Waals surface area contributed by atoms with Crippen molar-refractivity contribution in [3.8, 4) is 0 Å². The van der Waals surface area contributed by atoms with E-state index in [0.717, 1.165) is 56.9 Å². The molecule has 0 saturated carbocycles. The van der Waals surface area contributed by atoms with Gasteiger partial charge < -0.3 is 10.2 Å². The van der Waals surface area contributed by atoms with Crippen LogP contribution in [0.25, 0.3) is 0 Å². The summed E-state index contributed by atoms with van der Waals surface area (Å²) in [6.45, 7) is 8.16. The molecule has 1 aliphatic heterocycles. The van der Waals surface area contributed by atoms with Crippen LogP contribution in [0.15, 0.2) is 12.3 Å². The lowest BCUT2D eigenvalue weighted by molar-refractivity contribution is -0.385. The Morgan fingerprint density at radius 1 is 1.38 bits per heavy atom. The zero-order chi connectivity index (χ0) is 17.5. The van der Waals surface area contributed by atoms with Crippen molar-refractivity contribution in [2.75, 3.05) is 44.2 Å². The quantitative estimate of drug-likeness (QED) is 0.459. The van der Waals surface area contributed by atoms with E-state index in [2.05, 4.69) is 27.0 Å². The van der Waals surface area contributed by atoms with Gasteiger partial charge in [0.05, 0.1) is 11.5 Å². The molecule has 1 N–H and O–H groups in total. The summed E-state index contributed by atoms with van der Waals surface area (Å²) >= 11 is 0. The first-order chi connectivity index (χ1) is 11.5. The molecule has 1 aromatic heterocycles. The second-order valence-electron chi connectivity index (χ2n) is 6.06. The zero-order valence-corrected chi connectivity index (χ0v) is 14.3. The molecule has 1 saturated heterocycles. The molecule has 0 unspecified atom stereocenters. The number of aromatic nitrogens is 1. The van der Waals surface area contributed by atoms with Crippen molar-refractivity contribution in [3.63, 3.8) is 0 Å². The number of nitrogens with zero attached hydrogens (tertiary/aromatic N) is 4. The number of pyridine rings is 1. The molecule has 1 fully saturated rings. The predicted octanol–water partition coefficient (Wildman–Crippen LogP) is 1.34. The number of carbonyl (C=O) groups is 1. The number of nitro groups is 1. The fourth-order valence-corrected chi connectivity index (χ4v) is 2.76. The van der Waals surface area contributed by atoms with E-state index in [-0.39, 0.29) is 11.6 Å². The van der Waals surface area contributed by atoms with E-state index in [0.29, 0.717) is 6.54 Å². The van der Waals surface area contributed by atoms with Crippen molar-refractivity contribution < 1.29 is 9.72 Å². The molecule has 0 atom stereocenters. The molecule has 0 radical (unpaired) electrons. The fourth-order valence-electron chi connectivity index (χ4n) is 2.76. The normalized spacial score (nSPS) is 15.3. The van der Waals surface area contributed by atoms with E-state index in [1.807, 2.05) is 6.92 Å². The summed E-state index contributed by atoms with van der Waals surface area (Å²) in [5.41, 5.74) is 0.814. The Hall–Kier alpha value is -2.22. The zero-order valence-electron chi connectivity index (χ0n) is 14.3. The number of hydrogen-bond acceptors (Lipinski definition) is 6. The molecule has 132 valence electrons. The van der Waals surface area contributed by atoms with E-state index in [1.165, 1.54) is 6.20 Å². The van der Waals surface area contributed by atoms with E-state index >= 15 is 0 Å². The van der Waals surface area contributed by atoms with Gasteiger partial charge in [-0.1, -0.05) is 13.3 Å². The van der Waals surface area contributed by atoms with E-state index in [1.54, 1.807) is 6.07 Å². The molecular weight excluding hydrogens is 310 g/mol. The minimum absolute atomic E-state index is 0.0126. The number of unbranched alkanes of at least 4 members (excludes halogenated alkanes) is 1. The lowest BCUT2D eigenvalue weighted by Gasteiger charge is -2.35. The maximum absolute atomic E-state index is 11.9. The highest BCUT2D eigenvalue weighted by Gasteiger charge is 2.21. The Kier molecular flexibility index (Phi) is 6.48.